The van der Waals surface area contributed by atoms with E-state index in [2.05, 4.69) is 5.32 Å². The number of hydrogen-bond donors (Lipinski definition) is 1. The van der Waals surface area contributed by atoms with E-state index in [9.17, 15) is 18.0 Å². The lowest BCUT2D eigenvalue weighted by Crippen LogP contribution is -2.35. The van der Waals surface area contributed by atoms with Crippen molar-refractivity contribution >= 4 is 33.2 Å². The second-order valence-corrected chi connectivity index (χ2v) is 9.91. The second-order valence-electron chi connectivity index (χ2n) is 7.86. The van der Waals surface area contributed by atoms with Crippen LogP contribution in [0.15, 0.2) is 41.3 Å². The van der Waals surface area contributed by atoms with Gasteiger partial charge in [-0.25, -0.2) is 8.42 Å². The zero-order chi connectivity index (χ0) is 22.2. The van der Waals surface area contributed by atoms with Gasteiger partial charge in [0, 0.05) is 31.4 Å². The Morgan fingerprint density at radius 2 is 1.87 bits per heavy atom. The molecule has 0 saturated heterocycles. The molecular weight excluding hydrogens is 402 g/mol. The van der Waals surface area contributed by atoms with Crippen molar-refractivity contribution in [1.29, 1.82) is 0 Å². The molecule has 2 amide bonds. The van der Waals surface area contributed by atoms with Crippen LogP contribution >= 0.6 is 0 Å². The molecule has 0 bridgehead atoms. The fourth-order valence-corrected chi connectivity index (χ4v) is 4.95. The first-order valence-electron chi connectivity index (χ1n) is 9.77. The summed E-state index contributed by atoms with van der Waals surface area (Å²) in [6.07, 6.45) is 0.592. The minimum atomic E-state index is -3.85. The predicted molar refractivity (Wildman–Crippen MR) is 117 cm³/mol. The molecule has 7 nitrogen and oxygen atoms in total. The van der Waals surface area contributed by atoms with Crippen LogP contribution in [-0.4, -0.2) is 44.2 Å². The van der Waals surface area contributed by atoms with E-state index >= 15 is 0 Å². The number of hydrogen-bond acceptors (Lipinski definition) is 4. The summed E-state index contributed by atoms with van der Waals surface area (Å²) in [5.74, 6) is -0.482. The zero-order valence-electron chi connectivity index (χ0n) is 17.9. The van der Waals surface area contributed by atoms with Crippen LogP contribution in [0.3, 0.4) is 0 Å². The number of benzene rings is 2. The maximum absolute atomic E-state index is 13.0. The maximum Gasteiger partial charge on any atom is 0.243 e. The standard InChI is InChI=1S/C22H27N3O4S/c1-14-6-7-15(2)20(10-14)23-22(27)13-24(5)30(28,29)19-8-9-21-18(12-19)11-16(3)25(21)17(4)26/h6-10,12,16H,11,13H2,1-5H3,(H,23,27). The number of nitrogens with zero attached hydrogens (tertiary/aromatic N) is 2. The highest BCUT2D eigenvalue weighted by Crippen LogP contribution is 2.34. The van der Waals surface area contributed by atoms with E-state index in [1.165, 1.54) is 20.0 Å². The lowest BCUT2D eigenvalue weighted by molar-refractivity contribution is -0.117. The molecule has 1 heterocycles. The topological polar surface area (TPSA) is 86.8 Å². The largest absolute Gasteiger partial charge is 0.325 e. The lowest BCUT2D eigenvalue weighted by atomic mass is 10.1. The number of aryl methyl sites for hydroxylation is 2. The molecule has 0 fully saturated rings. The van der Waals surface area contributed by atoms with Gasteiger partial charge in [0.25, 0.3) is 0 Å². The molecule has 0 saturated carbocycles. The van der Waals surface area contributed by atoms with Crippen molar-refractivity contribution < 1.29 is 18.0 Å². The van der Waals surface area contributed by atoms with Crippen LogP contribution in [0.25, 0.3) is 0 Å². The van der Waals surface area contributed by atoms with Gasteiger partial charge in [0.15, 0.2) is 0 Å². The first kappa shape index (κ1) is 22.0. The Bertz CT molecular complexity index is 1110. The fourth-order valence-electron chi connectivity index (χ4n) is 3.78. The highest BCUT2D eigenvalue weighted by molar-refractivity contribution is 7.89. The van der Waals surface area contributed by atoms with E-state index < -0.39 is 15.9 Å². The number of nitrogens with one attached hydrogen (secondary N) is 1. The fraction of sp³-hybridized carbons (Fsp3) is 0.364. The number of amides is 2. The van der Waals surface area contributed by atoms with Gasteiger partial charge in [-0.05, 0) is 68.1 Å². The van der Waals surface area contributed by atoms with Crippen molar-refractivity contribution in [2.45, 2.75) is 45.1 Å². The Labute approximate surface area is 177 Å². The molecule has 1 aliphatic rings. The summed E-state index contributed by atoms with van der Waals surface area (Å²) >= 11 is 0. The first-order valence-corrected chi connectivity index (χ1v) is 11.2. The molecule has 160 valence electrons. The summed E-state index contributed by atoms with van der Waals surface area (Å²) in [5, 5.41) is 2.78. The second kappa shape index (κ2) is 8.20. The van der Waals surface area contributed by atoms with Crippen molar-refractivity contribution in [3.05, 3.63) is 53.1 Å². The summed E-state index contributed by atoms with van der Waals surface area (Å²) in [7, 11) is -2.47. The lowest BCUT2D eigenvalue weighted by Gasteiger charge is -2.21. The van der Waals surface area contributed by atoms with Gasteiger partial charge in [0.05, 0.1) is 11.4 Å². The summed E-state index contributed by atoms with van der Waals surface area (Å²) in [6.45, 7) is 6.93. The summed E-state index contributed by atoms with van der Waals surface area (Å²) < 4.78 is 27.0. The zero-order valence-corrected chi connectivity index (χ0v) is 18.7. The van der Waals surface area contributed by atoms with E-state index in [-0.39, 0.29) is 23.4 Å². The normalized spacial score (nSPS) is 15.9. The summed E-state index contributed by atoms with van der Waals surface area (Å²) in [6, 6.07) is 10.4. The molecule has 1 atom stereocenters. The summed E-state index contributed by atoms with van der Waals surface area (Å²) in [5.41, 5.74) is 4.13. The van der Waals surface area contributed by atoms with Gasteiger partial charge < -0.3 is 10.2 Å². The quantitative estimate of drug-likeness (QED) is 0.792. The molecule has 1 aliphatic heterocycles. The Kier molecular flexibility index (Phi) is 6.01. The Balaban J connectivity index is 1.77. The average molecular weight is 430 g/mol. The van der Waals surface area contributed by atoms with E-state index in [4.69, 9.17) is 0 Å². The third-order valence-electron chi connectivity index (χ3n) is 5.35. The van der Waals surface area contributed by atoms with Crippen molar-refractivity contribution in [2.75, 3.05) is 23.8 Å². The molecule has 1 N–H and O–H groups in total. The van der Waals surface area contributed by atoms with Crippen LogP contribution in [0.2, 0.25) is 0 Å². The van der Waals surface area contributed by atoms with E-state index in [0.717, 1.165) is 26.7 Å². The number of sulfonamides is 1. The van der Waals surface area contributed by atoms with E-state index in [0.29, 0.717) is 12.1 Å². The third-order valence-corrected chi connectivity index (χ3v) is 7.15. The molecule has 8 heteroatoms. The third kappa shape index (κ3) is 4.24. The highest BCUT2D eigenvalue weighted by atomic mass is 32.2. The van der Waals surface area contributed by atoms with Gasteiger partial charge in [0.2, 0.25) is 21.8 Å². The molecule has 0 spiro atoms. The van der Waals surface area contributed by atoms with E-state index in [1.807, 2.05) is 39.0 Å². The number of carbonyl (C=O) groups is 2. The summed E-state index contributed by atoms with van der Waals surface area (Å²) in [4.78, 5) is 26.1. The SMILES string of the molecule is CC(=O)N1c2ccc(S(=O)(=O)N(C)CC(=O)Nc3cc(C)ccc3C)cc2CC1C. The van der Waals surface area contributed by atoms with E-state index in [1.54, 1.807) is 17.0 Å². The van der Waals surface area contributed by atoms with Gasteiger partial charge in [0.1, 0.15) is 0 Å². The molecule has 0 aromatic heterocycles. The van der Waals surface area contributed by atoms with Crippen LogP contribution in [0.4, 0.5) is 11.4 Å². The number of anilines is 2. The smallest absolute Gasteiger partial charge is 0.243 e. The maximum atomic E-state index is 13.0. The van der Waals surface area contributed by atoms with Crippen LogP contribution in [0.5, 0.6) is 0 Å². The highest BCUT2D eigenvalue weighted by Gasteiger charge is 2.31. The number of carbonyl (C=O) groups excluding carboxylic acids is 2. The molecule has 0 radical (unpaired) electrons. The minimum Gasteiger partial charge on any atom is -0.325 e. The number of likely N-dealkylation sites (N-methyl/N-ethyl adjacent to an activating group) is 1. The number of fused-ring (bicyclic) bond motifs is 1. The van der Waals surface area contributed by atoms with Crippen LogP contribution in [-0.2, 0) is 26.0 Å². The molecule has 3 rings (SSSR count). The van der Waals surface area contributed by atoms with Crippen molar-refractivity contribution in [1.82, 2.24) is 4.31 Å². The van der Waals surface area contributed by atoms with Gasteiger partial charge in [-0.2, -0.15) is 4.31 Å². The van der Waals surface area contributed by atoms with Gasteiger partial charge in [-0.15, -0.1) is 0 Å². The predicted octanol–water partition coefficient (Wildman–Crippen LogP) is 2.86. The molecule has 2 aromatic rings. The van der Waals surface area contributed by atoms with Crippen LogP contribution < -0.4 is 10.2 Å². The minimum absolute atomic E-state index is 0.0171. The van der Waals surface area contributed by atoms with Crippen molar-refractivity contribution in [3.63, 3.8) is 0 Å². The van der Waals surface area contributed by atoms with Gasteiger partial charge >= 0.3 is 0 Å². The number of rotatable bonds is 5. The molecule has 2 aromatic carbocycles. The van der Waals surface area contributed by atoms with Crippen LogP contribution in [0, 0.1) is 13.8 Å². The first-order chi connectivity index (χ1) is 14.0. The molecular formula is C22H27N3O4S. The Morgan fingerprint density at radius 3 is 2.53 bits per heavy atom. The molecule has 30 heavy (non-hydrogen) atoms. The van der Waals surface area contributed by atoms with Gasteiger partial charge in [-0.3, -0.25) is 9.59 Å². The molecule has 0 aliphatic carbocycles. The van der Waals surface area contributed by atoms with Crippen molar-refractivity contribution in [2.24, 2.45) is 0 Å². The Hall–Kier alpha value is -2.71. The van der Waals surface area contributed by atoms with Crippen LogP contribution in [0.1, 0.15) is 30.5 Å². The van der Waals surface area contributed by atoms with Crippen molar-refractivity contribution in [3.8, 4) is 0 Å². The van der Waals surface area contributed by atoms with Gasteiger partial charge in [-0.1, -0.05) is 12.1 Å². The molecule has 1 unspecified atom stereocenters. The monoisotopic (exact) mass is 429 g/mol. The average Bonchev–Trinajstić information content (AvgIpc) is 2.99. The Morgan fingerprint density at radius 1 is 1.17 bits per heavy atom.